The third-order valence-electron chi connectivity index (χ3n) is 5.03. The van der Waals surface area contributed by atoms with Crippen LogP contribution in [0.5, 0.6) is 0 Å². The zero-order valence-corrected chi connectivity index (χ0v) is 18.4. The zero-order valence-electron chi connectivity index (χ0n) is 17.5. The quantitative estimate of drug-likeness (QED) is 0.426. The Bertz CT molecular complexity index is 1110. The molecule has 0 saturated heterocycles. The number of anilines is 1. The molecule has 30 heavy (non-hydrogen) atoms. The van der Waals surface area contributed by atoms with E-state index in [1.165, 1.54) is 11.8 Å². The van der Waals surface area contributed by atoms with Crippen LogP contribution in [0, 0.1) is 13.8 Å². The van der Waals surface area contributed by atoms with Crippen molar-refractivity contribution < 1.29 is 8.42 Å². The molecule has 0 aliphatic carbocycles. The molecule has 0 aliphatic rings. The molecule has 1 N–H and O–H groups in total. The number of nitrogens with zero attached hydrogens (tertiary/aromatic N) is 2. The van der Waals surface area contributed by atoms with Crippen molar-refractivity contribution in [3.05, 3.63) is 95.1 Å². The average Bonchev–Trinajstić information content (AvgIpc) is 2.75. The summed E-state index contributed by atoms with van der Waals surface area (Å²) >= 11 is 0. The second kappa shape index (κ2) is 9.59. The number of rotatable bonds is 8. The van der Waals surface area contributed by atoms with Gasteiger partial charge in [0.2, 0.25) is 0 Å². The normalized spacial score (nSPS) is 11.6. The number of hydrazone groups is 1. The van der Waals surface area contributed by atoms with Crippen LogP contribution in [0.25, 0.3) is 0 Å². The summed E-state index contributed by atoms with van der Waals surface area (Å²) in [6.07, 6.45) is 1.51. The highest BCUT2D eigenvalue weighted by Gasteiger charge is 2.13. The number of nitrogens with one attached hydrogen (secondary N) is 1. The molecule has 0 amide bonds. The maximum Gasteiger partial charge on any atom is 0.276 e. The Hall–Kier alpha value is -3.12. The largest absolute Gasteiger partial charge is 0.367 e. The van der Waals surface area contributed by atoms with Crippen molar-refractivity contribution in [2.24, 2.45) is 5.10 Å². The first-order valence-corrected chi connectivity index (χ1v) is 11.4. The van der Waals surface area contributed by atoms with E-state index in [9.17, 15) is 8.42 Å². The molecule has 0 atom stereocenters. The summed E-state index contributed by atoms with van der Waals surface area (Å²) in [6, 6.07) is 23.3. The molecule has 3 rings (SSSR count). The van der Waals surface area contributed by atoms with Crippen molar-refractivity contribution in [1.82, 2.24) is 4.83 Å². The Labute approximate surface area is 179 Å². The van der Waals surface area contributed by atoms with Crippen LogP contribution in [0.3, 0.4) is 0 Å². The lowest BCUT2D eigenvalue weighted by atomic mass is 10.1. The minimum Gasteiger partial charge on any atom is -0.367 e. The molecule has 3 aromatic rings. The van der Waals surface area contributed by atoms with Crippen molar-refractivity contribution in [3.8, 4) is 0 Å². The van der Waals surface area contributed by atoms with Gasteiger partial charge >= 0.3 is 0 Å². The first kappa shape index (κ1) is 21.6. The van der Waals surface area contributed by atoms with E-state index in [1.54, 1.807) is 18.2 Å². The van der Waals surface area contributed by atoms with E-state index in [0.717, 1.165) is 35.5 Å². The molecule has 5 nitrogen and oxygen atoms in total. The van der Waals surface area contributed by atoms with Crippen LogP contribution >= 0.6 is 0 Å². The summed E-state index contributed by atoms with van der Waals surface area (Å²) in [5.41, 5.74) is 5.15. The lowest BCUT2D eigenvalue weighted by Gasteiger charge is -2.23. The van der Waals surface area contributed by atoms with Gasteiger partial charge in [-0.25, -0.2) is 4.83 Å². The Morgan fingerprint density at radius 2 is 1.63 bits per heavy atom. The monoisotopic (exact) mass is 421 g/mol. The summed E-state index contributed by atoms with van der Waals surface area (Å²) in [4.78, 5) is 4.77. The van der Waals surface area contributed by atoms with Crippen molar-refractivity contribution in [2.45, 2.75) is 32.2 Å². The van der Waals surface area contributed by atoms with E-state index >= 15 is 0 Å². The molecule has 0 aliphatic heterocycles. The summed E-state index contributed by atoms with van der Waals surface area (Å²) in [5, 5.41) is 3.93. The number of benzene rings is 3. The van der Waals surface area contributed by atoms with Gasteiger partial charge in [0.1, 0.15) is 0 Å². The molecule has 0 unspecified atom stereocenters. The Morgan fingerprint density at radius 3 is 2.27 bits per heavy atom. The summed E-state index contributed by atoms with van der Waals surface area (Å²) in [6.45, 7) is 7.68. The van der Waals surface area contributed by atoms with Crippen molar-refractivity contribution in [3.63, 3.8) is 0 Å². The fraction of sp³-hybridized carbons (Fsp3) is 0.208. The maximum atomic E-state index is 12.4. The molecular weight excluding hydrogens is 394 g/mol. The van der Waals surface area contributed by atoms with Gasteiger partial charge in [0.25, 0.3) is 10.0 Å². The number of sulfonamides is 1. The summed E-state index contributed by atoms with van der Waals surface area (Å²) in [5.74, 6) is 0. The van der Waals surface area contributed by atoms with Gasteiger partial charge in [-0.05, 0) is 67.3 Å². The fourth-order valence-corrected chi connectivity index (χ4v) is 3.94. The van der Waals surface area contributed by atoms with Crippen LogP contribution in [0.15, 0.2) is 82.8 Å². The lowest BCUT2D eigenvalue weighted by molar-refractivity contribution is 0.584. The standard InChI is InChI=1S/C24H27N3O2S/c1-4-27(18-22-8-6-5-7-9-22)23-13-11-21(12-14-23)17-25-26-30(28,29)24-15-10-19(2)20(3)16-24/h5-17,26H,4,18H2,1-3H3/b25-17+. The number of hydrogen-bond acceptors (Lipinski definition) is 4. The predicted molar refractivity (Wildman–Crippen MR) is 123 cm³/mol. The van der Waals surface area contributed by atoms with Crippen molar-refractivity contribution in [2.75, 3.05) is 11.4 Å². The van der Waals surface area contributed by atoms with E-state index in [1.807, 2.05) is 56.3 Å². The smallest absolute Gasteiger partial charge is 0.276 e. The number of hydrogen-bond donors (Lipinski definition) is 1. The molecule has 0 spiro atoms. The van der Waals surface area contributed by atoms with Crippen LogP contribution in [-0.2, 0) is 16.6 Å². The molecule has 0 radical (unpaired) electrons. The molecular formula is C24H27N3O2S. The van der Waals surface area contributed by atoms with Crippen LogP contribution in [0.1, 0.15) is 29.2 Å². The molecule has 156 valence electrons. The van der Waals surface area contributed by atoms with Gasteiger partial charge in [-0.3, -0.25) is 0 Å². The van der Waals surface area contributed by atoms with E-state index in [2.05, 4.69) is 33.9 Å². The summed E-state index contributed by atoms with van der Waals surface area (Å²) in [7, 11) is -3.69. The highest BCUT2D eigenvalue weighted by atomic mass is 32.2. The van der Waals surface area contributed by atoms with E-state index < -0.39 is 10.0 Å². The van der Waals surface area contributed by atoms with Gasteiger partial charge in [0.05, 0.1) is 11.1 Å². The molecule has 0 bridgehead atoms. The lowest BCUT2D eigenvalue weighted by Crippen LogP contribution is -2.21. The Kier molecular flexibility index (Phi) is 6.90. The minimum absolute atomic E-state index is 0.206. The molecule has 0 fully saturated rings. The highest BCUT2D eigenvalue weighted by Crippen LogP contribution is 2.18. The third kappa shape index (κ3) is 5.48. The topological polar surface area (TPSA) is 61.8 Å². The van der Waals surface area contributed by atoms with Crippen LogP contribution in [0.2, 0.25) is 0 Å². The summed E-state index contributed by atoms with van der Waals surface area (Å²) < 4.78 is 24.8. The first-order valence-electron chi connectivity index (χ1n) is 9.90. The van der Waals surface area contributed by atoms with Gasteiger partial charge in [0.15, 0.2) is 0 Å². The minimum atomic E-state index is -3.69. The van der Waals surface area contributed by atoms with E-state index in [0.29, 0.717) is 0 Å². The van der Waals surface area contributed by atoms with Crippen molar-refractivity contribution in [1.29, 1.82) is 0 Å². The SMILES string of the molecule is CCN(Cc1ccccc1)c1ccc(/C=N/NS(=O)(=O)c2ccc(C)c(C)c2)cc1. The molecule has 3 aromatic carbocycles. The van der Waals surface area contributed by atoms with Crippen LogP contribution < -0.4 is 9.73 Å². The molecule has 0 saturated carbocycles. The van der Waals surface area contributed by atoms with Crippen molar-refractivity contribution >= 4 is 21.9 Å². The average molecular weight is 422 g/mol. The van der Waals surface area contributed by atoms with Gasteiger partial charge in [-0.1, -0.05) is 48.5 Å². The first-order chi connectivity index (χ1) is 14.4. The highest BCUT2D eigenvalue weighted by molar-refractivity contribution is 7.89. The fourth-order valence-electron chi connectivity index (χ4n) is 3.06. The molecule has 0 aromatic heterocycles. The van der Waals surface area contributed by atoms with Crippen LogP contribution in [-0.4, -0.2) is 21.2 Å². The van der Waals surface area contributed by atoms with Gasteiger partial charge in [0, 0.05) is 18.8 Å². The molecule has 6 heteroatoms. The Morgan fingerprint density at radius 1 is 0.933 bits per heavy atom. The molecule has 0 heterocycles. The van der Waals surface area contributed by atoms with E-state index in [4.69, 9.17) is 0 Å². The van der Waals surface area contributed by atoms with Gasteiger partial charge in [-0.15, -0.1) is 0 Å². The van der Waals surface area contributed by atoms with Gasteiger partial charge < -0.3 is 4.90 Å². The Balaban J connectivity index is 1.65. The maximum absolute atomic E-state index is 12.4. The second-order valence-electron chi connectivity index (χ2n) is 7.19. The third-order valence-corrected chi connectivity index (χ3v) is 6.25. The second-order valence-corrected chi connectivity index (χ2v) is 8.85. The predicted octanol–water partition coefficient (Wildman–Crippen LogP) is 4.64. The van der Waals surface area contributed by atoms with Crippen LogP contribution in [0.4, 0.5) is 5.69 Å². The van der Waals surface area contributed by atoms with E-state index in [-0.39, 0.29) is 4.90 Å². The van der Waals surface area contributed by atoms with Gasteiger partial charge in [-0.2, -0.15) is 13.5 Å². The number of aryl methyl sites for hydroxylation is 2. The zero-order chi connectivity index (χ0) is 21.6.